The van der Waals surface area contributed by atoms with Gasteiger partial charge in [0.15, 0.2) is 11.6 Å². The molecule has 0 bridgehead atoms. The SMILES string of the molecule is CCC(C)Sc1ncccc1COc1ccc(CC(C)C(=O)O)cc1F. The van der Waals surface area contributed by atoms with E-state index in [9.17, 15) is 9.18 Å². The van der Waals surface area contributed by atoms with Crippen molar-refractivity contribution < 1.29 is 19.0 Å². The van der Waals surface area contributed by atoms with E-state index in [-0.39, 0.29) is 18.8 Å². The van der Waals surface area contributed by atoms with Crippen LogP contribution in [0.5, 0.6) is 5.75 Å². The van der Waals surface area contributed by atoms with Crippen molar-refractivity contribution in [3.63, 3.8) is 0 Å². The van der Waals surface area contributed by atoms with Gasteiger partial charge in [0, 0.05) is 17.0 Å². The van der Waals surface area contributed by atoms with Gasteiger partial charge in [0.2, 0.25) is 0 Å². The molecule has 1 heterocycles. The number of benzene rings is 1. The van der Waals surface area contributed by atoms with Crippen molar-refractivity contribution in [1.82, 2.24) is 4.98 Å². The molecule has 140 valence electrons. The lowest BCUT2D eigenvalue weighted by Gasteiger charge is -2.13. The third-order valence-electron chi connectivity index (χ3n) is 4.08. The Morgan fingerprint density at radius 2 is 2.12 bits per heavy atom. The van der Waals surface area contributed by atoms with Crippen molar-refractivity contribution in [3.05, 3.63) is 53.5 Å². The van der Waals surface area contributed by atoms with E-state index in [0.717, 1.165) is 17.0 Å². The van der Waals surface area contributed by atoms with Gasteiger partial charge >= 0.3 is 5.97 Å². The molecule has 0 saturated carbocycles. The smallest absolute Gasteiger partial charge is 0.306 e. The van der Waals surface area contributed by atoms with E-state index in [2.05, 4.69) is 18.8 Å². The Morgan fingerprint density at radius 1 is 1.35 bits per heavy atom. The van der Waals surface area contributed by atoms with Crippen LogP contribution in [-0.2, 0) is 17.8 Å². The number of aliphatic carboxylic acids is 1. The summed E-state index contributed by atoms with van der Waals surface area (Å²) in [6.07, 6.45) is 3.06. The maximum Gasteiger partial charge on any atom is 0.306 e. The summed E-state index contributed by atoms with van der Waals surface area (Å²) in [4.78, 5) is 15.3. The molecule has 2 rings (SSSR count). The number of ether oxygens (including phenoxy) is 1. The van der Waals surface area contributed by atoms with Gasteiger partial charge in [-0.05, 0) is 36.6 Å². The van der Waals surface area contributed by atoms with Gasteiger partial charge in [0.05, 0.1) is 5.92 Å². The van der Waals surface area contributed by atoms with Crippen LogP contribution in [0.3, 0.4) is 0 Å². The van der Waals surface area contributed by atoms with E-state index in [1.807, 2.05) is 12.1 Å². The zero-order valence-electron chi connectivity index (χ0n) is 15.2. The molecule has 2 atom stereocenters. The number of pyridine rings is 1. The van der Waals surface area contributed by atoms with Crippen LogP contribution in [0, 0.1) is 11.7 Å². The van der Waals surface area contributed by atoms with Crippen LogP contribution in [0.1, 0.15) is 38.3 Å². The van der Waals surface area contributed by atoms with E-state index in [1.165, 1.54) is 6.07 Å². The number of rotatable bonds is 9. The van der Waals surface area contributed by atoms with Gasteiger partial charge in [0.25, 0.3) is 0 Å². The fourth-order valence-corrected chi connectivity index (χ4v) is 3.25. The molecule has 4 nitrogen and oxygen atoms in total. The minimum absolute atomic E-state index is 0.153. The Hall–Kier alpha value is -2.08. The van der Waals surface area contributed by atoms with Gasteiger partial charge in [-0.3, -0.25) is 4.79 Å². The monoisotopic (exact) mass is 377 g/mol. The zero-order chi connectivity index (χ0) is 19.1. The summed E-state index contributed by atoms with van der Waals surface area (Å²) in [5, 5.41) is 10.3. The number of halogens is 1. The molecule has 1 aromatic heterocycles. The standard InChI is InChI=1S/C20H24FNO3S/c1-4-14(3)26-19-16(6-5-9-22-19)12-25-18-8-7-15(11-17(18)21)10-13(2)20(23)24/h5-9,11,13-14H,4,10,12H2,1-3H3,(H,23,24). The molecule has 0 amide bonds. The first-order chi connectivity index (χ1) is 12.4. The van der Waals surface area contributed by atoms with Crippen molar-refractivity contribution in [3.8, 4) is 5.75 Å². The Bertz CT molecular complexity index is 754. The first kappa shape index (κ1) is 20.2. The first-order valence-electron chi connectivity index (χ1n) is 8.65. The molecular formula is C20H24FNO3S. The highest BCUT2D eigenvalue weighted by Crippen LogP contribution is 2.28. The highest BCUT2D eigenvalue weighted by Gasteiger charge is 2.14. The third-order valence-corrected chi connectivity index (χ3v) is 5.41. The minimum Gasteiger partial charge on any atom is -0.486 e. The average Bonchev–Trinajstić information content (AvgIpc) is 2.62. The molecule has 0 aliphatic heterocycles. The van der Waals surface area contributed by atoms with Gasteiger partial charge in [-0.15, -0.1) is 11.8 Å². The lowest BCUT2D eigenvalue weighted by molar-refractivity contribution is -0.141. The van der Waals surface area contributed by atoms with Crippen LogP contribution in [0.15, 0.2) is 41.6 Å². The fraction of sp³-hybridized carbons (Fsp3) is 0.400. The van der Waals surface area contributed by atoms with Gasteiger partial charge in [-0.2, -0.15) is 0 Å². The van der Waals surface area contributed by atoms with Crippen molar-refractivity contribution in [2.75, 3.05) is 0 Å². The summed E-state index contributed by atoms with van der Waals surface area (Å²) in [5.74, 6) is -1.79. The Morgan fingerprint density at radius 3 is 2.77 bits per heavy atom. The topological polar surface area (TPSA) is 59.4 Å². The molecule has 0 spiro atoms. The van der Waals surface area contributed by atoms with Crippen LogP contribution < -0.4 is 4.74 Å². The molecular weight excluding hydrogens is 353 g/mol. The predicted molar refractivity (Wildman–Crippen MR) is 101 cm³/mol. The lowest BCUT2D eigenvalue weighted by Crippen LogP contribution is -2.12. The second-order valence-corrected chi connectivity index (χ2v) is 7.73. The zero-order valence-corrected chi connectivity index (χ0v) is 16.1. The summed E-state index contributed by atoms with van der Waals surface area (Å²) in [7, 11) is 0. The molecule has 1 aromatic carbocycles. The molecule has 0 aliphatic rings. The Kier molecular flexibility index (Phi) is 7.45. The average molecular weight is 377 g/mol. The van der Waals surface area contributed by atoms with Gasteiger partial charge in [-0.1, -0.05) is 32.9 Å². The molecule has 0 aliphatic carbocycles. The summed E-state index contributed by atoms with van der Waals surface area (Å²) < 4.78 is 19.9. The number of nitrogens with zero attached hydrogens (tertiary/aromatic N) is 1. The Labute approximate surface area is 157 Å². The van der Waals surface area contributed by atoms with Gasteiger partial charge in [0.1, 0.15) is 11.6 Å². The number of thioether (sulfide) groups is 1. The molecule has 0 saturated heterocycles. The van der Waals surface area contributed by atoms with Crippen molar-refractivity contribution in [2.45, 2.75) is 50.5 Å². The quantitative estimate of drug-likeness (QED) is 0.626. The van der Waals surface area contributed by atoms with E-state index in [4.69, 9.17) is 9.84 Å². The van der Waals surface area contributed by atoms with Crippen LogP contribution >= 0.6 is 11.8 Å². The maximum absolute atomic E-state index is 14.3. The van der Waals surface area contributed by atoms with Crippen molar-refractivity contribution in [1.29, 1.82) is 0 Å². The molecule has 0 radical (unpaired) electrons. The first-order valence-corrected chi connectivity index (χ1v) is 9.53. The number of carboxylic acids is 1. The fourth-order valence-electron chi connectivity index (χ4n) is 2.30. The number of hydrogen-bond donors (Lipinski definition) is 1. The molecule has 2 aromatic rings. The van der Waals surface area contributed by atoms with Crippen LogP contribution in [0.25, 0.3) is 0 Å². The van der Waals surface area contributed by atoms with Crippen molar-refractivity contribution in [2.24, 2.45) is 5.92 Å². The van der Waals surface area contributed by atoms with E-state index in [0.29, 0.717) is 10.8 Å². The van der Waals surface area contributed by atoms with Crippen LogP contribution in [-0.4, -0.2) is 21.3 Å². The second-order valence-electron chi connectivity index (χ2n) is 6.30. The third kappa shape index (κ3) is 5.73. The molecule has 26 heavy (non-hydrogen) atoms. The number of aromatic nitrogens is 1. The summed E-state index contributed by atoms with van der Waals surface area (Å²) >= 11 is 1.68. The van der Waals surface area contributed by atoms with E-state index < -0.39 is 17.7 Å². The largest absolute Gasteiger partial charge is 0.486 e. The second kappa shape index (κ2) is 9.57. The summed E-state index contributed by atoms with van der Waals surface area (Å²) in [5.41, 5.74) is 1.56. The predicted octanol–water partition coefficient (Wildman–Crippen LogP) is 4.95. The summed E-state index contributed by atoms with van der Waals surface area (Å²) in [6, 6.07) is 8.37. The normalized spacial score (nSPS) is 13.2. The minimum atomic E-state index is -0.895. The molecule has 1 N–H and O–H groups in total. The maximum atomic E-state index is 14.3. The van der Waals surface area contributed by atoms with E-state index >= 15 is 0 Å². The Balaban J connectivity index is 2.05. The number of carbonyl (C=O) groups is 1. The molecule has 6 heteroatoms. The van der Waals surface area contributed by atoms with Gasteiger partial charge in [-0.25, -0.2) is 9.37 Å². The van der Waals surface area contributed by atoms with Crippen LogP contribution in [0.4, 0.5) is 4.39 Å². The van der Waals surface area contributed by atoms with Gasteiger partial charge < -0.3 is 9.84 Å². The lowest BCUT2D eigenvalue weighted by atomic mass is 10.0. The highest BCUT2D eigenvalue weighted by molar-refractivity contribution is 7.99. The molecule has 2 unspecified atom stereocenters. The number of hydrogen-bond acceptors (Lipinski definition) is 4. The van der Waals surface area contributed by atoms with Crippen LogP contribution in [0.2, 0.25) is 0 Å². The van der Waals surface area contributed by atoms with Crippen molar-refractivity contribution >= 4 is 17.7 Å². The van der Waals surface area contributed by atoms with E-state index in [1.54, 1.807) is 37.0 Å². The molecule has 0 fully saturated rings. The highest BCUT2D eigenvalue weighted by atomic mass is 32.2. The summed E-state index contributed by atoms with van der Waals surface area (Å²) in [6.45, 7) is 6.09. The number of carboxylic acid groups (broad SMARTS) is 1.